The highest BCUT2D eigenvalue weighted by atomic mass is 32.2. The van der Waals surface area contributed by atoms with E-state index in [1.807, 2.05) is 49.4 Å². The Bertz CT molecular complexity index is 1280. The average molecular weight is 523 g/mol. The van der Waals surface area contributed by atoms with Crippen LogP contribution in [0.2, 0.25) is 0 Å². The largest absolute Gasteiger partial charge is 0.467 e. The molecule has 1 amide bonds. The van der Waals surface area contributed by atoms with Crippen LogP contribution in [0.5, 0.6) is 0 Å². The standard InChI is InChI=1S/C26H26N4O4S2/c1-3-21(24(32)28-20(25(33)34-2)16-35-15-17-10-6-4-7-11-17)36-26-29-22(18-12-8-5-9-13-18)19(14-27)23(31)30-26/h4-13,20-21H,3,15-16H2,1-2H3,(H,28,32)(H,29,30,31)/t20-,21+/m0/s1. The second-order valence-electron chi connectivity index (χ2n) is 7.67. The molecule has 0 fully saturated rings. The molecule has 3 rings (SSSR count). The summed E-state index contributed by atoms with van der Waals surface area (Å²) < 4.78 is 4.89. The first-order chi connectivity index (χ1) is 17.5. The van der Waals surface area contributed by atoms with E-state index in [4.69, 9.17) is 4.74 Å². The van der Waals surface area contributed by atoms with Crippen molar-refractivity contribution in [2.75, 3.05) is 12.9 Å². The maximum atomic E-state index is 13.1. The Hall–Kier alpha value is -3.55. The molecule has 0 bridgehead atoms. The number of H-pyrrole nitrogens is 1. The normalized spacial score (nSPS) is 12.2. The van der Waals surface area contributed by atoms with Crippen LogP contribution in [0.15, 0.2) is 70.6 Å². The zero-order valence-corrected chi connectivity index (χ0v) is 21.5. The van der Waals surface area contributed by atoms with E-state index in [1.165, 1.54) is 18.9 Å². The van der Waals surface area contributed by atoms with Crippen LogP contribution in [0.4, 0.5) is 0 Å². The topological polar surface area (TPSA) is 125 Å². The molecule has 8 nitrogen and oxygen atoms in total. The first-order valence-corrected chi connectivity index (χ1v) is 13.3. The van der Waals surface area contributed by atoms with Crippen molar-refractivity contribution in [2.24, 2.45) is 0 Å². The Kier molecular flexibility index (Phi) is 10.2. The minimum atomic E-state index is -0.821. The number of methoxy groups -OCH3 is 1. The summed E-state index contributed by atoms with van der Waals surface area (Å²) in [6.45, 7) is 1.83. The number of aromatic nitrogens is 2. The average Bonchev–Trinajstić information content (AvgIpc) is 2.91. The Morgan fingerprint density at radius 2 is 1.81 bits per heavy atom. The molecule has 0 aliphatic rings. The number of ether oxygens (including phenoxy) is 1. The zero-order valence-electron chi connectivity index (χ0n) is 19.9. The predicted molar refractivity (Wildman–Crippen MR) is 141 cm³/mol. The molecule has 0 aliphatic carbocycles. The van der Waals surface area contributed by atoms with Crippen LogP contribution in [0, 0.1) is 11.3 Å². The van der Waals surface area contributed by atoms with E-state index in [0.29, 0.717) is 23.5 Å². The van der Waals surface area contributed by atoms with Gasteiger partial charge in [0.15, 0.2) is 5.16 Å². The molecule has 2 atom stereocenters. The number of nitriles is 1. The SMILES string of the molecule is CC[C@@H](Sc1nc(-c2ccccc2)c(C#N)c(=O)[nH]1)C(=O)N[C@@H](CSCc1ccccc1)C(=O)OC. The van der Waals surface area contributed by atoms with E-state index in [1.54, 1.807) is 24.3 Å². The van der Waals surface area contributed by atoms with Gasteiger partial charge in [-0.3, -0.25) is 9.59 Å². The third-order valence-electron chi connectivity index (χ3n) is 5.17. The van der Waals surface area contributed by atoms with Crippen molar-refractivity contribution in [1.29, 1.82) is 5.26 Å². The summed E-state index contributed by atoms with van der Waals surface area (Å²) in [5, 5.41) is 11.8. The fraction of sp³-hybridized carbons (Fsp3) is 0.269. The van der Waals surface area contributed by atoms with Crippen molar-refractivity contribution in [1.82, 2.24) is 15.3 Å². The number of benzene rings is 2. The number of nitrogens with zero attached hydrogens (tertiary/aromatic N) is 2. The van der Waals surface area contributed by atoms with Crippen LogP contribution in [0.25, 0.3) is 11.3 Å². The summed E-state index contributed by atoms with van der Waals surface area (Å²) in [5.74, 6) is 0.138. The monoisotopic (exact) mass is 522 g/mol. The number of carbonyl (C=O) groups excluding carboxylic acids is 2. The van der Waals surface area contributed by atoms with E-state index < -0.39 is 22.8 Å². The number of hydrogen-bond acceptors (Lipinski definition) is 8. The number of carbonyl (C=O) groups is 2. The van der Waals surface area contributed by atoms with Gasteiger partial charge in [-0.05, 0) is 12.0 Å². The molecule has 36 heavy (non-hydrogen) atoms. The van der Waals surface area contributed by atoms with E-state index >= 15 is 0 Å². The molecule has 2 N–H and O–H groups in total. The zero-order chi connectivity index (χ0) is 25.9. The quantitative estimate of drug-likeness (QED) is 0.222. The molecule has 1 aromatic heterocycles. The van der Waals surface area contributed by atoms with Crippen LogP contribution in [0.3, 0.4) is 0 Å². The molecule has 1 heterocycles. The van der Waals surface area contributed by atoms with Crippen molar-refractivity contribution >= 4 is 35.4 Å². The first kappa shape index (κ1) is 27.0. The number of esters is 1. The van der Waals surface area contributed by atoms with Crippen molar-refractivity contribution in [2.45, 2.75) is 35.5 Å². The number of aromatic amines is 1. The summed E-state index contributed by atoms with van der Waals surface area (Å²) >= 11 is 2.59. The van der Waals surface area contributed by atoms with Gasteiger partial charge in [0, 0.05) is 17.1 Å². The molecule has 0 spiro atoms. The molecule has 0 unspecified atom stereocenters. The molecule has 186 valence electrons. The number of nitrogens with one attached hydrogen (secondary N) is 2. The second-order valence-corrected chi connectivity index (χ2v) is 9.89. The van der Waals surface area contributed by atoms with Gasteiger partial charge < -0.3 is 15.0 Å². The van der Waals surface area contributed by atoms with E-state index in [-0.39, 0.29) is 22.3 Å². The number of thioether (sulfide) groups is 2. The summed E-state index contributed by atoms with van der Waals surface area (Å²) in [5.41, 5.74) is 1.33. The summed E-state index contributed by atoms with van der Waals surface area (Å²) in [7, 11) is 1.28. The molecular weight excluding hydrogens is 496 g/mol. The summed E-state index contributed by atoms with van der Waals surface area (Å²) in [6, 6.07) is 19.8. The fourth-order valence-electron chi connectivity index (χ4n) is 3.32. The molecular formula is C26H26N4O4S2. The van der Waals surface area contributed by atoms with Gasteiger partial charge in [-0.15, -0.1) is 0 Å². The maximum Gasteiger partial charge on any atom is 0.329 e. The Morgan fingerprint density at radius 1 is 1.14 bits per heavy atom. The molecule has 0 saturated heterocycles. The lowest BCUT2D eigenvalue weighted by Crippen LogP contribution is -2.46. The Balaban J connectivity index is 1.73. The van der Waals surface area contributed by atoms with Gasteiger partial charge in [0.1, 0.15) is 17.7 Å². The van der Waals surface area contributed by atoms with E-state index in [2.05, 4.69) is 15.3 Å². The minimum Gasteiger partial charge on any atom is -0.467 e. The van der Waals surface area contributed by atoms with Crippen molar-refractivity contribution < 1.29 is 14.3 Å². The van der Waals surface area contributed by atoms with Crippen LogP contribution in [-0.4, -0.2) is 46.0 Å². The van der Waals surface area contributed by atoms with Crippen molar-refractivity contribution in [3.63, 3.8) is 0 Å². The van der Waals surface area contributed by atoms with Gasteiger partial charge in [0.05, 0.1) is 18.1 Å². The molecule has 10 heteroatoms. The predicted octanol–water partition coefficient (Wildman–Crippen LogP) is 3.77. The highest BCUT2D eigenvalue weighted by molar-refractivity contribution is 8.00. The van der Waals surface area contributed by atoms with Crippen molar-refractivity contribution in [3.05, 3.63) is 82.1 Å². The number of hydrogen-bond donors (Lipinski definition) is 2. The first-order valence-electron chi connectivity index (χ1n) is 11.2. The van der Waals surface area contributed by atoms with Gasteiger partial charge in [-0.2, -0.15) is 17.0 Å². The van der Waals surface area contributed by atoms with Crippen LogP contribution >= 0.6 is 23.5 Å². The molecule has 3 aromatic rings. The summed E-state index contributed by atoms with van der Waals surface area (Å²) in [4.78, 5) is 45.0. The highest BCUT2D eigenvalue weighted by Crippen LogP contribution is 2.26. The third kappa shape index (κ3) is 7.23. The molecule has 0 aliphatic heterocycles. The lowest BCUT2D eigenvalue weighted by molar-refractivity contribution is -0.144. The molecule has 0 radical (unpaired) electrons. The lowest BCUT2D eigenvalue weighted by atomic mass is 10.1. The van der Waals surface area contributed by atoms with Gasteiger partial charge >= 0.3 is 5.97 Å². The van der Waals surface area contributed by atoms with Gasteiger partial charge in [0.25, 0.3) is 5.56 Å². The van der Waals surface area contributed by atoms with Crippen molar-refractivity contribution in [3.8, 4) is 17.3 Å². The fourth-order valence-corrected chi connectivity index (χ4v) is 5.23. The maximum absolute atomic E-state index is 13.1. The molecule has 2 aromatic carbocycles. The van der Waals surface area contributed by atoms with Crippen LogP contribution in [0.1, 0.15) is 24.5 Å². The van der Waals surface area contributed by atoms with Crippen LogP contribution < -0.4 is 10.9 Å². The van der Waals surface area contributed by atoms with Gasteiger partial charge in [-0.25, -0.2) is 9.78 Å². The summed E-state index contributed by atoms with van der Waals surface area (Å²) in [6.07, 6.45) is 0.423. The number of amides is 1. The second kappa shape index (κ2) is 13.5. The Labute approximate surface area is 217 Å². The van der Waals surface area contributed by atoms with Gasteiger partial charge in [0.2, 0.25) is 5.91 Å². The third-order valence-corrected chi connectivity index (χ3v) is 7.53. The van der Waals surface area contributed by atoms with Crippen LogP contribution in [-0.2, 0) is 20.1 Å². The van der Waals surface area contributed by atoms with E-state index in [0.717, 1.165) is 17.3 Å². The lowest BCUT2D eigenvalue weighted by Gasteiger charge is -2.20. The molecule has 0 saturated carbocycles. The highest BCUT2D eigenvalue weighted by Gasteiger charge is 2.27. The Morgan fingerprint density at radius 3 is 2.42 bits per heavy atom. The van der Waals surface area contributed by atoms with E-state index in [9.17, 15) is 19.6 Å². The smallest absolute Gasteiger partial charge is 0.329 e. The van der Waals surface area contributed by atoms with Gasteiger partial charge in [-0.1, -0.05) is 79.3 Å². The minimum absolute atomic E-state index is 0.0933. The number of rotatable bonds is 11.